The number of rotatable bonds is 2. The summed E-state index contributed by atoms with van der Waals surface area (Å²) in [6, 6.07) is 4.39. The lowest BCUT2D eigenvalue weighted by Gasteiger charge is -2.10. The van der Waals surface area contributed by atoms with Crippen molar-refractivity contribution in [1.29, 1.82) is 0 Å². The van der Waals surface area contributed by atoms with Crippen molar-refractivity contribution in [3.8, 4) is 11.5 Å². The molecule has 0 aliphatic heterocycles. The molecule has 1 aromatic carbocycles. The van der Waals surface area contributed by atoms with Crippen molar-refractivity contribution in [2.24, 2.45) is 0 Å². The molecule has 0 fully saturated rings. The molecule has 6 nitrogen and oxygen atoms in total. The van der Waals surface area contributed by atoms with E-state index in [2.05, 4.69) is 10.2 Å². The largest absolute Gasteiger partial charge is 0.744 e. The van der Waals surface area contributed by atoms with Gasteiger partial charge < -0.3 is 8.97 Å². The maximum absolute atomic E-state index is 11.0. The Labute approximate surface area is 98.0 Å². The lowest BCUT2D eigenvalue weighted by Crippen LogP contribution is -2.01. The van der Waals surface area contributed by atoms with E-state index in [0.717, 1.165) is 0 Å². The lowest BCUT2D eigenvalue weighted by atomic mass is 10.1. The Balaban J connectivity index is 2.59. The van der Waals surface area contributed by atoms with E-state index in [1.807, 2.05) is 0 Å². The highest BCUT2D eigenvalue weighted by atomic mass is 32.2. The molecule has 0 saturated heterocycles. The summed E-state index contributed by atoms with van der Waals surface area (Å²) < 4.78 is 38.2. The van der Waals surface area contributed by atoms with Gasteiger partial charge in [-0.2, -0.15) is 0 Å². The van der Waals surface area contributed by atoms with Crippen LogP contribution in [0.2, 0.25) is 0 Å². The van der Waals surface area contributed by atoms with Gasteiger partial charge in [0.1, 0.15) is 10.1 Å². The summed E-state index contributed by atoms with van der Waals surface area (Å²) in [7, 11) is -4.50. The molecule has 0 atom stereocenters. The third-order valence-electron chi connectivity index (χ3n) is 2.23. The van der Waals surface area contributed by atoms with Gasteiger partial charge in [0.2, 0.25) is 11.8 Å². The van der Waals surface area contributed by atoms with Gasteiger partial charge in [0.15, 0.2) is 0 Å². The molecule has 0 saturated carbocycles. The highest BCUT2D eigenvalue weighted by Gasteiger charge is 2.11. The third kappa shape index (κ3) is 2.34. The van der Waals surface area contributed by atoms with E-state index in [-0.39, 0.29) is 10.8 Å². The molecular formula is C10H9N2O4S-. The molecule has 0 amide bonds. The zero-order chi connectivity index (χ0) is 12.6. The normalized spacial score (nSPS) is 11.7. The summed E-state index contributed by atoms with van der Waals surface area (Å²) in [5.74, 6) is 0.555. The molecule has 7 heteroatoms. The maximum Gasteiger partial charge on any atom is 0.247 e. The summed E-state index contributed by atoms with van der Waals surface area (Å²) in [6.07, 6.45) is 0. The molecule has 0 spiro atoms. The molecule has 90 valence electrons. The molecule has 0 unspecified atom stereocenters. The van der Waals surface area contributed by atoms with Crippen LogP contribution in [0.4, 0.5) is 0 Å². The van der Waals surface area contributed by atoms with Gasteiger partial charge in [-0.1, -0.05) is 6.07 Å². The first-order chi connectivity index (χ1) is 7.88. The van der Waals surface area contributed by atoms with Crippen LogP contribution in [0.15, 0.2) is 27.5 Å². The molecule has 1 aromatic heterocycles. The number of benzene rings is 1. The Morgan fingerprint density at radius 3 is 2.47 bits per heavy atom. The quantitative estimate of drug-likeness (QED) is 0.747. The van der Waals surface area contributed by atoms with Crippen molar-refractivity contribution in [2.45, 2.75) is 18.7 Å². The molecule has 2 aromatic rings. The molecule has 0 radical (unpaired) electrons. The van der Waals surface area contributed by atoms with Crippen LogP contribution in [0.5, 0.6) is 0 Å². The van der Waals surface area contributed by atoms with Gasteiger partial charge in [-0.25, -0.2) is 8.42 Å². The summed E-state index contributed by atoms with van der Waals surface area (Å²) in [5, 5.41) is 7.39. The van der Waals surface area contributed by atoms with E-state index < -0.39 is 10.1 Å². The Morgan fingerprint density at radius 2 is 1.94 bits per heavy atom. The SMILES string of the molecule is Cc1nnc(-c2ccc(C)c(S(=O)(=O)[O-])c2)o1. The standard InChI is InChI=1S/C10H10N2O4S/c1-6-3-4-8(5-9(6)17(13,14)15)10-12-11-7(2)16-10/h3-5H,1-2H3,(H,13,14,15)/p-1. The number of aryl methyl sites for hydroxylation is 2. The minimum Gasteiger partial charge on any atom is -0.744 e. The van der Waals surface area contributed by atoms with Crippen molar-refractivity contribution < 1.29 is 17.4 Å². The second-order valence-corrected chi connectivity index (χ2v) is 4.91. The predicted molar refractivity (Wildman–Crippen MR) is 57.2 cm³/mol. The van der Waals surface area contributed by atoms with Gasteiger partial charge in [-0.05, 0) is 24.6 Å². The minimum atomic E-state index is -4.50. The van der Waals surface area contributed by atoms with Gasteiger partial charge in [0.05, 0.1) is 4.90 Å². The average molecular weight is 253 g/mol. The van der Waals surface area contributed by atoms with E-state index in [9.17, 15) is 13.0 Å². The number of aromatic nitrogens is 2. The molecule has 1 heterocycles. The Hall–Kier alpha value is -1.73. The molecule has 17 heavy (non-hydrogen) atoms. The van der Waals surface area contributed by atoms with Crippen molar-refractivity contribution in [3.63, 3.8) is 0 Å². The van der Waals surface area contributed by atoms with Crippen molar-refractivity contribution >= 4 is 10.1 Å². The highest BCUT2D eigenvalue weighted by Crippen LogP contribution is 2.23. The zero-order valence-corrected chi connectivity index (χ0v) is 9.98. The van der Waals surface area contributed by atoms with Crippen LogP contribution >= 0.6 is 0 Å². The Bertz CT molecular complexity index is 661. The maximum atomic E-state index is 11.0. The van der Waals surface area contributed by atoms with Gasteiger partial charge in [0, 0.05) is 12.5 Å². The number of nitrogens with zero attached hydrogens (tertiary/aromatic N) is 2. The second-order valence-electron chi connectivity index (χ2n) is 3.56. The third-order valence-corrected chi connectivity index (χ3v) is 3.21. The van der Waals surface area contributed by atoms with E-state index in [0.29, 0.717) is 17.0 Å². The van der Waals surface area contributed by atoms with E-state index in [1.54, 1.807) is 19.9 Å². The van der Waals surface area contributed by atoms with Gasteiger partial charge in [0.25, 0.3) is 0 Å². The molecule has 2 rings (SSSR count). The Kier molecular flexibility index (Phi) is 2.72. The lowest BCUT2D eigenvalue weighted by molar-refractivity contribution is 0.462. The van der Waals surface area contributed by atoms with Crippen LogP contribution in [0.3, 0.4) is 0 Å². The fraction of sp³-hybridized carbons (Fsp3) is 0.200. The van der Waals surface area contributed by atoms with Crippen molar-refractivity contribution in [2.75, 3.05) is 0 Å². The van der Waals surface area contributed by atoms with Crippen molar-refractivity contribution in [3.05, 3.63) is 29.7 Å². The van der Waals surface area contributed by atoms with E-state index in [4.69, 9.17) is 4.42 Å². The van der Waals surface area contributed by atoms with Crippen LogP contribution in [-0.2, 0) is 10.1 Å². The smallest absolute Gasteiger partial charge is 0.247 e. The first kappa shape index (κ1) is 11.7. The number of hydrogen-bond acceptors (Lipinski definition) is 6. The molecule has 0 bridgehead atoms. The first-order valence-electron chi connectivity index (χ1n) is 4.75. The monoisotopic (exact) mass is 253 g/mol. The highest BCUT2D eigenvalue weighted by molar-refractivity contribution is 7.85. The molecule has 0 aliphatic rings. The topological polar surface area (TPSA) is 96.1 Å². The fourth-order valence-electron chi connectivity index (χ4n) is 1.42. The van der Waals surface area contributed by atoms with Crippen molar-refractivity contribution in [1.82, 2.24) is 10.2 Å². The van der Waals surface area contributed by atoms with E-state index >= 15 is 0 Å². The molecule has 0 aliphatic carbocycles. The molecule has 0 N–H and O–H groups in total. The fourth-order valence-corrected chi connectivity index (χ4v) is 2.15. The van der Waals surface area contributed by atoms with Crippen LogP contribution in [0, 0.1) is 13.8 Å². The molecular weight excluding hydrogens is 244 g/mol. The number of hydrogen-bond donors (Lipinski definition) is 0. The van der Waals surface area contributed by atoms with Crippen LogP contribution in [0.1, 0.15) is 11.5 Å². The first-order valence-corrected chi connectivity index (χ1v) is 6.16. The average Bonchev–Trinajstić information content (AvgIpc) is 2.64. The van der Waals surface area contributed by atoms with Gasteiger partial charge in [-0.3, -0.25) is 0 Å². The summed E-state index contributed by atoms with van der Waals surface area (Å²) in [4.78, 5) is -0.272. The van der Waals surface area contributed by atoms with E-state index in [1.165, 1.54) is 12.1 Å². The van der Waals surface area contributed by atoms with Crippen LogP contribution in [-0.4, -0.2) is 23.2 Å². The zero-order valence-electron chi connectivity index (χ0n) is 9.17. The summed E-state index contributed by atoms with van der Waals surface area (Å²) in [6.45, 7) is 3.17. The summed E-state index contributed by atoms with van der Waals surface area (Å²) in [5.41, 5.74) is 0.797. The predicted octanol–water partition coefficient (Wildman–Crippen LogP) is 1.26. The van der Waals surface area contributed by atoms with Crippen LogP contribution in [0.25, 0.3) is 11.5 Å². The second kappa shape index (κ2) is 3.94. The van der Waals surface area contributed by atoms with Gasteiger partial charge >= 0.3 is 0 Å². The minimum absolute atomic E-state index is 0.187. The Morgan fingerprint density at radius 1 is 1.24 bits per heavy atom. The van der Waals surface area contributed by atoms with Gasteiger partial charge in [-0.15, -0.1) is 10.2 Å². The van der Waals surface area contributed by atoms with Crippen LogP contribution < -0.4 is 0 Å². The summed E-state index contributed by atoms with van der Waals surface area (Å²) >= 11 is 0.